The Morgan fingerprint density at radius 2 is 1.83 bits per heavy atom. The van der Waals surface area contributed by atoms with Gasteiger partial charge in [0.25, 0.3) is 0 Å². The zero-order valence-corrected chi connectivity index (χ0v) is 12.4. The summed E-state index contributed by atoms with van der Waals surface area (Å²) in [4.78, 5) is 0. The summed E-state index contributed by atoms with van der Waals surface area (Å²) in [7, 11) is 0. The van der Waals surface area contributed by atoms with Crippen LogP contribution in [-0.4, -0.2) is 0 Å². The van der Waals surface area contributed by atoms with Crippen LogP contribution in [0.5, 0.6) is 0 Å². The molecule has 1 atom stereocenters. The molecule has 0 aliphatic rings. The van der Waals surface area contributed by atoms with Gasteiger partial charge in [0.05, 0.1) is 0 Å². The van der Waals surface area contributed by atoms with E-state index >= 15 is 0 Å². The van der Waals surface area contributed by atoms with Crippen LogP contribution in [-0.2, 0) is 6.54 Å². The highest BCUT2D eigenvalue weighted by Crippen LogP contribution is 2.19. The van der Waals surface area contributed by atoms with Crippen LogP contribution in [0, 0.1) is 6.92 Å². The fourth-order valence-corrected chi connectivity index (χ4v) is 2.55. The summed E-state index contributed by atoms with van der Waals surface area (Å²) in [6.07, 6.45) is 0. The average molecular weight is 304 g/mol. The smallest absolute Gasteiger partial charge is 0.0294 e. The molecule has 2 rings (SSSR count). The van der Waals surface area contributed by atoms with E-state index in [2.05, 4.69) is 77.6 Å². The van der Waals surface area contributed by atoms with Crippen LogP contribution in [0.2, 0.25) is 0 Å². The molecular formula is C16H18BrN. The third-order valence-corrected chi connectivity index (χ3v) is 3.85. The normalized spacial score (nSPS) is 12.4. The van der Waals surface area contributed by atoms with Crippen molar-refractivity contribution >= 4 is 15.9 Å². The van der Waals surface area contributed by atoms with Crippen molar-refractivity contribution in [1.29, 1.82) is 0 Å². The standard InChI is InChI=1S/C16H18BrN/c1-12-8-9-15(16(17)10-12)11-18-13(2)14-6-4-3-5-7-14/h3-10,13,18H,11H2,1-2H3/t13-/m1/s1. The maximum atomic E-state index is 3.61. The van der Waals surface area contributed by atoms with Crippen LogP contribution >= 0.6 is 15.9 Å². The minimum Gasteiger partial charge on any atom is -0.306 e. The van der Waals surface area contributed by atoms with Gasteiger partial charge in [0.1, 0.15) is 0 Å². The molecule has 94 valence electrons. The molecule has 1 nitrogen and oxygen atoms in total. The maximum absolute atomic E-state index is 3.61. The van der Waals surface area contributed by atoms with Gasteiger partial charge in [0, 0.05) is 17.1 Å². The lowest BCUT2D eigenvalue weighted by atomic mass is 10.1. The summed E-state index contributed by atoms with van der Waals surface area (Å²) in [5, 5.41) is 3.55. The van der Waals surface area contributed by atoms with Crippen molar-refractivity contribution in [2.75, 3.05) is 0 Å². The van der Waals surface area contributed by atoms with Crippen LogP contribution in [0.4, 0.5) is 0 Å². The highest BCUT2D eigenvalue weighted by Gasteiger charge is 2.05. The van der Waals surface area contributed by atoms with Crippen molar-refractivity contribution in [2.45, 2.75) is 26.4 Å². The van der Waals surface area contributed by atoms with Crippen LogP contribution in [0.1, 0.15) is 29.7 Å². The number of benzene rings is 2. The van der Waals surface area contributed by atoms with Crippen molar-refractivity contribution < 1.29 is 0 Å². The zero-order valence-electron chi connectivity index (χ0n) is 10.8. The zero-order chi connectivity index (χ0) is 13.0. The number of halogens is 1. The molecule has 18 heavy (non-hydrogen) atoms. The fourth-order valence-electron chi connectivity index (χ4n) is 1.92. The number of hydrogen-bond donors (Lipinski definition) is 1. The van der Waals surface area contributed by atoms with Gasteiger partial charge < -0.3 is 5.32 Å². The Morgan fingerprint density at radius 3 is 2.50 bits per heavy atom. The molecular weight excluding hydrogens is 286 g/mol. The summed E-state index contributed by atoms with van der Waals surface area (Å²) in [6.45, 7) is 5.17. The first-order valence-corrected chi connectivity index (χ1v) is 6.99. The topological polar surface area (TPSA) is 12.0 Å². The van der Waals surface area contributed by atoms with Crippen molar-refractivity contribution in [3.8, 4) is 0 Å². The van der Waals surface area contributed by atoms with Crippen LogP contribution < -0.4 is 5.32 Å². The molecule has 0 heterocycles. The predicted octanol–water partition coefficient (Wildman–Crippen LogP) is 4.61. The lowest BCUT2D eigenvalue weighted by Crippen LogP contribution is -2.18. The van der Waals surface area contributed by atoms with Crippen molar-refractivity contribution in [1.82, 2.24) is 5.32 Å². The Balaban J connectivity index is 1.99. The second kappa shape index (κ2) is 6.17. The highest BCUT2D eigenvalue weighted by atomic mass is 79.9. The molecule has 0 amide bonds. The van der Waals surface area contributed by atoms with E-state index in [-0.39, 0.29) is 0 Å². The van der Waals surface area contributed by atoms with E-state index in [4.69, 9.17) is 0 Å². The largest absolute Gasteiger partial charge is 0.306 e. The number of rotatable bonds is 4. The quantitative estimate of drug-likeness (QED) is 0.870. The van der Waals surface area contributed by atoms with E-state index in [9.17, 15) is 0 Å². The van der Waals surface area contributed by atoms with Crippen LogP contribution in [0.25, 0.3) is 0 Å². The van der Waals surface area contributed by atoms with Gasteiger partial charge in [0.2, 0.25) is 0 Å². The Labute approximate surface area is 117 Å². The molecule has 2 aromatic carbocycles. The molecule has 0 radical (unpaired) electrons. The van der Waals surface area contributed by atoms with Gasteiger partial charge in [-0.05, 0) is 36.6 Å². The van der Waals surface area contributed by atoms with Gasteiger partial charge in [-0.25, -0.2) is 0 Å². The first-order valence-electron chi connectivity index (χ1n) is 6.20. The van der Waals surface area contributed by atoms with E-state index in [1.165, 1.54) is 21.2 Å². The molecule has 0 aliphatic heterocycles. The molecule has 0 aliphatic carbocycles. The average Bonchev–Trinajstić information content (AvgIpc) is 2.38. The van der Waals surface area contributed by atoms with Gasteiger partial charge in [-0.15, -0.1) is 0 Å². The molecule has 1 N–H and O–H groups in total. The maximum Gasteiger partial charge on any atom is 0.0294 e. The van der Waals surface area contributed by atoms with Crippen LogP contribution in [0.15, 0.2) is 53.0 Å². The van der Waals surface area contributed by atoms with Gasteiger partial charge >= 0.3 is 0 Å². The molecule has 2 heteroatoms. The summed E-state index contributed by atoms with van der Waals surface area (Å²) < 4.78 is 1.18. The second-order valence-corrected chi connectivity index (χ2v) is 5.46. The van der Waals surface area contributed by atoms with E-state index in [1.54, 1.807) is 0 Å². The Kier molecular flexibility index (Phi) is 4.56. The van der Waals surface area contributed by atoms with E-state index in [0.29, 0.717) is 6.04 Å². The van der Waals surface area contributed by atoms with E-state index in [0.717, 1.165) is 6.54 Å². The van der Waals surface area contributed by atoms with E-state index in [1.807, 2.05) is 6.07 Å². The first-order chi connectivity index (χ1) is 8.66. The fraction of sp³-hybridized carbons (Fsp3) is 0.250. The number of nitrogens with one attached hydrogen (secondary N) is 1. The SMILES string of the molecule is Cc1ccc(CN[C@H](C)c2ccccc2)c(Br)c1. The molecule has 0 spiro atoms. The second-order valence-electron chi connectivity index (χ2n) is 4.61. The van der Waals surface area contributed by atoms with Gasteiger partial charge in [0.15, 0.2) is 0 Å². The minimum absolute atomic E-state index is 0.361. The molecule has 0 saturated heterocycles. The van der Waals surface area contributed by atoms with E-state index < -0.39 is 0 Å². The third-order valence-electron chi connectivity index (χ3n) is 3.11. The molecule has 2 aromatic rings. The monoisotopic (exact) mass is 303 g/mol. The lowest BCUT2D eigenvalue weighted by Gasteiger charge is -2.15. The molecule has 0 unspecified atom stereocenters. The summed E-state index contributed by atoms with van der Waals surface area (Å²) in [5.41, 5.74) is 3.89. The summed E-state index contributed by atoms with van der Waals surface area (Å²) >= 11 is 3.61. The molecule has 0 bridgehead atoms. The van der Waals surface area contributed by atoms with Gasteiger partial charge in [-0.3, -0.25) is 0 Å². The van der Waals surface area contributed by atoms with Crippen molar-refractivity contribution in [3.05, 3.63) is 69.7 Å². The molecule has 0 fully saturated rings. The highest BCUT2D eigenvalue weighted by molar-refractivity contribution is 9.10. The van der Waals surface area contributed by atoms with Gasteiger partial charge in [-0.1, -0.05) is 58.4 Å². The van der Waals surface area contributed by atoms with Crippen molar-refractivity contribution in [3.63, 3.8) is 0 Å². The molecule has 0 saturated carbocycles. The number of aryl methyl sites for hydroxylation is 1. The number of hydrogen-bond acceptors (Lipinski definition) is 1. The predicted molar refractivity (Wildman–Crippen MR) is 80.6 cm³/mol. The molecule has 0 aromatic heterocycles. The minimum atomic E-state index is 0.361. The Hall–Kier alpha value is -1.12. The third kappa shape index (κ3) is 3.44. The Morgan fingerprint density at radius 1 is 1.11 bits per heavy atom. The van der Waals surface area contributed by atoms with Gasteiger partial charge in [-0.2, -0.15) is 0 Å². The lowest BCUT2D eigenvalue weighted by molar-refractivity contribution is 0.574. The summed E-state index contributed by atoms with van der Waals surface area (Å²) in [6, 6.07) is 17.4. The first kappa shape index (κ1) is 13.3. The summed E-state index contributed by atoms with van der Waals surface area (Å²) in [5.74, 6) is 0. The van der Waals surface area contributed by atoms with Crippen molar-refractivity contribution in [2.24, 2.45) is 0 Å². The Bertz CT molecular complexity index is 508. The van der Waals surface area contributed by atoms with Crippen LogP contribution in [0.3, 0.4) is 0 Å².